The first-order valence-electron chi connectivity index (χ1n) is 7.20. The normalized spacial score (nSPS) is 16.7. The number of aromatic nitrogens is 1. The largest absolute Gasteiger partial charge is 0.354 e. The van der Waals surface area contributed by atoms with E-state index in [-0.39, 0.29) is 5.91 Å². The highest BCUT2D eigenvalue weighted by Gasteiger charge is 2.31. The van der Waals surface area contributed by atoms with Crippen LogP contribution in [0.2, 0.25) is 0 Å². The summed E-state index contributed by atoms with van der Waals surface area (Å²) in [6, 6.07) is 8.40. The summed E-state index contributed by atoms with van der Waals surface area (Å²) in [4.78, 5) is 15.8. The molecule has 0 radical (unpaired) electrons. The Kier molecular flexibility index (Phi) is 1.80. The van der Waals surface area contributed by atoms with Crippen LogP contribution in [0.15, 0.2) is 24.3 Å². The number of para-hydroxylation sites is 1. The second kappa shape index (κ2) is 3.42. The molecule has 2 heterocycles. The Hall–Kier alpha value is -2.29. The third kappa shape index (κ3) is 1.10. The quantitative estimate of drug-likeness (QED) is 0.642. The maximum absolute atomic E-state index is 12.2. The molecule has 2 aliphatic rings. The molecule has 0 atom stereocenters. The molecular formula is C17H14N2O. The standard InChI is InChI=1S/C17H14N2O/c20-17-15-9-5-3-6-10(9)16-14(12(15)8-18-17)11-4-1-2-7-13(11)19-16/h1-2,4,7,19H,3,5-6,8H2,(H,18,20). The molecule has 0 saturated heterocycles. The van der Waals surface area contributed by atoms with Crippen LogP contribution in [0.25, 0.3) is 21.8 Å². The first-order valence-corrected chi connectivity index (χ1v) is 7.20. The highest BCUT2D eigenvalue weighted by molar-refractivity contribution is 6.16. The van der Waals surface area contributed by atoms with Crippen LogP contribution in [0.1, 0.15) is 33.5 Å². The Bertz CT molecular complexity index is 904. The van der Waals surface area contributed by atoms with E-state index in [0.29, 0.717) is 6.54 Å². The van der Waals surface area contributed by atoms with Gasteiger partial charge in [0.2, 0.25) is 0 Å². The summed E-state index contributed by atoms with van der Waals surface area (Å²) in [5, 5.41) is 5.51. The third-order valence-electron chi connectivity index (χ3n) is 4.78. The van der Waals surface area contributed by atoms with Crippen molar-refractivity contribution in [3.63, 3.8) is 0 Å². The van der Waals surface area contributed by atoms with Crippen LogP contribution in [0, 0.1) is 0 Å². The van der Waals surface area contributed by atoms with Crippen molar-refractivity contribution in [3.8, 4) is 0 Å². The number of aryl methyl sites for hydroxylation is 1. The summed E-state index contributed by atoms with van der Waals surface area (Å²) in [5.41, 5.74) is 7.25. The Morgan fingerprint density at radius 3 is 2.80 bits per heavy atom. The van der Waals surface area contributed by atoms with Gasteiger partial charge >= 0.3 is 0 Å². The number of hydrogen-bond donors (Lipinski definition) is 2. The lowest BCUT2D eigenvalue weighted by Crippen LogP contribution is -2.13. The molecule has 20 heavy (non-hydrogen) atoms. The van der Waals surface area contributed by atoms with E-state index in [1.165, 1.54) is 38.5 Å². The monoisotopic (exact) mass is 262 g/mol. The number of rotatable bonds is 0. The topological polar surface area (TPSA) is 44.9 Å². The molecule has 1 aliphatic heterocycles. The van der Waals surface area contributed by atoms with Gasteiger partial charge in [-0.25, -0.2) is 0 Å². The average Bonchev–Trinajstić information content (AvgIpc) is 3.13. The third-order valence-corrected chi connectivity index (χ3v) is 4.78. The van der Waals surface area contributed by atoms with E-state index in [2.05, 4.69) is 34.6 Å². The molecule has 2 N–H and O–H groups in total. The van der Waals surface area contributed by atoms with Crippen LogP contribution in [-0.4, -0.2) is 10.9 Å². The SMILES string of the molecule is O=C1NCc2c1c1c(c3[nH]c4ccccc4c23)CCC1. The molecule has 1 aliphatic carbocycles. The van der Waals surface area contributed by atoms with Crippen LogP contribution < -0.4 is 5.32 Å². The molecule has 0 fully saturated rings. The molecule has 3 heteroatoms. The number of carbonyl (C=O) groups is 1. The van der Waals surface area contributed by atoms with Crippen molar-refractivity contribution in [1.29, 1.82) is 0 Å². The van der Waals surface area contributed by atoms with Gasteiger partial charge < -0.3 is 10.3 Å². The van der Waals surface area contributed by atoms with Crippen molar-refractivity contribution in [2.75, 3.05) is 0 Å². The van der Waals surface area contributed by atoms with Gasteiger partial charge in [0.05, 0.1) is 5.52 Å². The Morgan fingerprint density at radius 1 is 1.00 bits per heavy atom. The van der Waals surface area contributed by atoms with Crippen molar-refractivity contribution in [1.82, 2.24) is 10.3 Å². The van der Waals surface area contributed by atoms with Crippen LogP contribution in [-0.2, 0) is 19.4 Å². The fraction of sp³-hybridized carbons (Fsp3) is 0.235. The maximum atomic E-state index is 12.2. The zero-order chi connectivity index (χ0) is 13.3. The van der Waals surface area contributed by atoms with E-state index in [4.69, 9.17) is 0 Å². The van der Waals surface area contributed by atoms with Gasteiger partial charge in [-0.3, -0.25) is 4.79 Å². The molecule has 1 aromatic heterocycles. The number of fused-ring (bicyclic) bond motifs is 8. The number of carbonyl (C=O) groups excluding carboxylic acids is 1. The molecule has 3 aromatic rings. The van der Waals surface area contributed by atoms with E-state index in [1.54, 1.807) is 0 Å². The Labute approximate surface area is 116 Å². The lowest BCUT2D eigenvalue weighted by atomic mass is 9.94. The predicted molar refractivity (Wildman–Crippen MR) is 79.0 cm³/mol. The van der Waals surface area contributed by atoms with Crippen LogP contribution >= 0.6 is 0 Å². The summed E-state index contributed by atoms with van der Waals surface area (Å²) < 4.78 is 0. The second-order valence-electron chi connectivity index (χ2n) is 5.77. The van der Waals surface area contributed by atoms with Crippen molar-refractivity contribution in [3.05, 3.63) is 46.5 Å². The molecule has 98 valence electrons. The number of nitrogens with one attached hydrogen (secondary N) is 2. The van der Waals surface area contributed by atoms with Gasteiger partial charge in [-0.05, 0) is 42.0 Å². The van der Waals surface area contributed by atoms with E-state index >= 15 is 0 Å². The zero-order valence-electron chi connectivity index (χ0n) is 11.0. The lowest BCUT2D eigenvalue weighted by Gasteiger charge is -2.08. The predicted octanol–water partition coefficient (Wildman–Crippen LogP) is 3.05. The lowest BCUT2D eigenvalue weighted by molar-refractivity contribution is 0.0965. The molecule has 5 rings (SSSR count). The Morgan fingerprint density at radius 2 is 1.85 bits per heavy atom. The number of benzene rings is 2. The Balaban J connectivity index is 2.08. The van der Waals surface area contributed by atoms with Gasteiger partial charge in [0, 0.05) is 28.4 Å². The molecule has 1 amide bonds. The van der Waals surface area contributed by atoms with Crippen molar-refractivity contribution >= 4 is 27.7 Å². The summed E-state index contributed by atoms with van der Waals surface area (Å²) in [5.74, 6) is 0.116. The summed E-state index contributed by atoms with van der Waals surface area (Å²) in [6.07, 6.45) is 3.28. The van der Waals surface area contributed by atoms with Gasteiger partial charge in [0.1, 0.15) is 0 Å². The van der Waals surface area contributed by atoms with E-state index in [9.17, 15) is 4.79 Å². The fourth-order valence-electron chi connectivity index (χ4n) is 3.99. The summed E-state index contributed by atoms with van der Waals surface area (Å²) in [7, 11) is 0. The van der Waals surface area contributed by atoms with Crippen molar-refractivity contribution < 1.29 is 4.79 Å². The minimum atomic E-state index is 0.116. The number of H-pyrrole nitrogens is 1. The molecule has 0 spiro atoms. The molecule has 3 nitrogen and oxygen atoms in total. The highest BCUT2D eigenvalue weighted by atomic mass is 16.1. The molecule has 0 bridgehead atoms. The highest BCUT2D eigenvalue weighted by Crippen LogP contribution is 2.40. The van der Waals surface area contributed by atoms with E-state index < -0.39 is 0 Å². The van der Waals surface area contributed by atoms with Gasteiger partial charge in [0.25, 0.3) is 5.91 Å². The zero-order valence-corrected chi connectivity index (χ0v) is 11.0. The van der Waals surface area contributed by atoms with Gasteiger partial charge in [-0.2, -0.15) is 0 Å². The molecule has 0 saturated carbocycles. The second-order valence-corrected chi connectivity index (χ2v) is 5.77. The average molecular weight is 262 g/mol. The smallest absolute Gasteiger partial charge is 0.252 e. The molecule has 0 unspecified atom stereocenters. The maximum Gasteiger partial charge on any atom is 0.252 e. The summed E-state index contributed by atoms with van der Waals surface area (Å²) in [6.45, 7) is 0.666. The van der Waals surface area contributed by atoms with Gasteiger partial charge in [-0.15, -0.1) is 0 Å². The van der Waals surface area contributed by atoms with Gasteiger partial charge in [-0.1, -0.05) is 18.2 Å². The van der Waals surface area contributed by atoms with Crippen molar-refractivity contribution in [2.45, 2.75) is 25.8 Å². The molecule has 2 aromatic carbocycles. The number of hydrogen-bond acceptors (Lipinski definition) is 1. The van der Waals surface area contributed by atoms with Crippen LogP contribution in [0.3, 0.4) is 0 Å². The first-order chi connectivity index (χ1) is 9.84. The van der Waals surface area contributed by atoms with E-state index in [0.717, 1.165) is 24.8 Å². The summed E-state index contributed by atoms with van der Waals surface area (Å²) >= 11 is 0. The van der Waals surface area contributed by atoms with Crippen LogP contribution in [0.5, 0.6) is 0 Å². The van der Waals surface area contributed by atoms with Crippen LogP contribution in [0.4, 0.5) is 0 Å². The molecular weight excluding hydrogens is 248 g/mol. The minimum absolute atomic E-state index is 0.116. The van der Waals surface area contributed by atoms with Gasteiger partial charge in [0.15, 0.2) is 0 Å². The number of amides is 1. The van der Waals surface area contributed by atoms with E-state index in [1.807, 2.05) is 0 Å². The first kappa shape index (κ1) is 10.5. The fourth-order valence-corrected chi connectivity index (χ4v) is 3.99. The van der Waals surface area contributed by atoms with Crippen molar-refractivity contribution in [2.24, 2.45) is 0 Å². The number of aromatic amines is 1. The minimum Gasteiger partial charge on any atom is -0.354 e.